The molecule has 0 saturated carbocycles. The second-order valence-corrected chi connectivity index (χ2v) is 5.64. The van der Waals surface area contributed by atoms with Crippen molar-refractivity contribution in [2.24, 2.45) is 11.7 Å². The van der Waals surface area contributed by atoms with Crippen LogP contribution >= 0.6 is 0 Å². The average molecular weight is 351 g/mol. The van der Waals surface area contributed by atoms with E-state index in [1.807, 2.05) is 0 Å². The molecule has 0 aromatic rings. The Morgan fingerprint density at radius 1 is 1.08 bits per heavy atom. The highest BCUT2D eigenvalue weighted by Gasteiger charge is 2.56. The van der Waals surface area contributed by atoms with Crippen molar-refractivity contribution < 1.29 is 49.8 Å². The fraction of sp³-hybridized carbons (Fsp3) is 0.769. The van der Waals surface area contributed by atoms with Gasteiger partial charge >= 0.3 is 11.9 Å². The molecule has 0 spiro atoms. The van der Waals surface area contributed by atoms with Crippen molar-refractivity contribution >= 4 is 17.8 Å². The van der Waals surface area contributed by atoms with Crippen LogP contribution in [0.3, 0.4) is 0 Å². The minimum Gasteiger partial charge on any atom is -0.481 e. The lowest BCUT2D eigenvalue weighted by Crippen LogP contribution is -2.69. The molecule has 0 aromatic heterocycles. The number of hydrogen-bond donors (Lipinski definition) is 7. The van der Waals surface area contributed by atoms with Crippen LogP contribution in [0.25, 0.3) is 0 Å². The Labute approximate surface area is 136 Å². The van der Waals surface area contributed by atoms with E-state index in [1.54, 1.807) is 0 Å². The van der Waals surface area contributed by atoms with Crippen LogP contribution < -0.4 is 5.73 Å². The van der Waals surface area contributed by atoms with Crippen LogP contribution in [0.15, 0.2) is 0 Å². The highest BCUT2D eigenvalue weighted by molar-refractivity contribution is 5.92. The van der Waals surface area contributed by atoms with E-state index >= 15 is 0 Å². The van der Waals surface area contributed by atoms with Gasteiger partial charge in [0.15, 0.2) is 11.5 Å². The molecule has 1 heterocycles. The van der Waals surface area contributed by atoms with Gasteiger partial charge in [-0.1, -0.05) is 0 Å². The topological polar surface area (TPSA) is 208 Å². The van der Waals surface area contributed by atoms with Crippen molar-refractivity contribution in [1.29, 1.82) is 0 Å². The molecule has 24 heavy (non-hydrogen) atoms. The van der Waals surface area contributed by atoms with Gasteiger partial charge in [0.1, 0.15) is 24.4 Å². The van der Waals surface area contributed by atoms with Gasteiger partial charge in [0.25, 0.3) is 5.91 Å². The van der Waals surface area contributed by atoms with Crippen molar-refractivity contribution in [3.05, 3.63) is 0 Å². The quantitative estimate of drug-likeness (QED) is 0.216. The molecule has 11 nitrogen and oxygen atoms in total. The Morgan fingerprint density at radius 2 is 1.62 bits per heavy atom. The maximum Gasteiger partial charge on any atom is 0.317 e. The zero-order chi connectivity index (χ0) is 18.7. The minimum atomic E-state index is -2.19. The van der Waals surface area contributed by atoms with E-state index in [2.05, 4.69) is 0 Å². The van der Waals surface area contributed by atoms with Crippen LogP contribution in [0.4, 0.5) is 0 Å². The van der Waals surface area contributed by atoms with E-state index < -0.39 is 66.8 Å². The Morgan fingerprint density at radius 3 is 2.04 bits per heavy atom. The first-order valence-corrected chi connectivity index (χ1v) is 7.16. The number of aliphatic hydroxyl groups is 4. The number of nitrogens with two attached hydrogens (primary N) is 1. The van der Waals surface area contributed by atoms with Crippen LogP contribution in [0.1, 0.15) is 19.3 Å². The number of ether oxygens (including phenoxy) is 1. The summed E-state index contributed by atoms with van der Waals surface area (Å²) in [6.07, 6.45) is -7.79. The molecule has 138 valence electrons. The van der Waals surface area contributed by atoms with Gasteiger partial charge in [-0.25, -0.2) is 0 Å². The summed E-state index contributed by atoms with van der Waals surface area (Å²) in [6.45, 7) is -0.771. The van der Waals surface area contributed by atoms with E-state index in [1.165, 1.54) is 0 Å². The van der Waals surface area contributed by atoms with Gasteiger partial charge < -0.3 is 41.1 Å². The number of carboxylic acid groups (broad SMARTS) is 2. The molecule has 0 aromatic carbocycles. The van der Waals surface area contributed by atoms with Crippen molar-refractivity contribution in [3.8, 4) is 0 Å². The maximum absolute atomic E-state index is 11.8. The van der Waals surface area contributed by atoms with Crippen molar-refractivity contribution in [1.82, 2.24) is 0 Å². The molecule has 8 N–H and O–H groups in total. The highest BCUT2D eigenvalue weighted by Crippen LogP contribution is 2.34. The molecular weight excluding hydrogens is 330 g/mol. The first-order valence-electron chi connectivity index (χ1n) is 7.16. The summed E-state index contributed by atoms with van der Waals surface area (Å²) in [5.74, 6) is -6.05. The lowest BCUT2D eigenvalue weighted by Gasteiger charge is -2.46. The molecule has 1 rings (SSSR count). The monoisotopic (exact) mass is 351 g/mol. The van der Waals surface area contributed by atoms with E-state index in [4.69, 9.17) is 25.8 Å². The number of rotatable bonds is 8. The Balaban J connectivity index is 2.94. The molecule has 1 saturated heterocycles. The molecule has 1 amide bonds. The molecule has 0 aliphatic carbocycles. The summed E-state index contributed by atoms with van der Waals surface area (Å²) in [5, 5.41) is 56.3. The molecule has 0 radical (unpaired) electrons. The third-order valence-corrected chi connectivity index (χ3v) is 4.13. The molecule has 1 aliphatic heterocycles. The summed E-state index contributed by atoms with van der Waals surface area (Å²) in [7, 11) is 0. The van der Waals surface area contributed by atoms with Gasteiger partial charge in [-0.3, -0.25) is 14.4 Å². The number of carbonyl (C=O) groups is 3. The fourth-order valence-electron chi connectivity index (χ4n) is 2.69. The van der Waals surface area contributed by atoms with E-state index in [0.29, 0.717) is 0 Å². The number of aliphatic hydroxyl groups excluding tert-OH is 4. The first-order chi connectivity index (χ1) is 11.1. The van der Waals surface area contributed by atoms with Gasteiger partial charge in [-0.15, -0.1) is 0 Å². The van der Waals surface area contributed by atoms with Gasteiger partial charge in [0.2, 0.25) is 0 Å². The third kappa shape index (κ3) is 3.82. The molecule has 11 heteroatoms. The Hall–Kier alpha value is -1.79. The minimum absolute atomic E-state index is 0.190. The second-order valence-electron chi connectivity index (χ2n) is 5.64. The Bertz CT molecular complexity index is 481. The van der Waals surface area contributed by atoms with Crippen LogP contribution in [-0.4, -0.2) is 85.1 Å². The van der Waals surface area contributed by atoms with Gasteiger partial charge in [-0.2, -0.15) is 0 Å². The highest BCUT2D eigenvalue weighted by atomic mass is 16.6. The van der Waals surface area contributed by atoms with Gasteiger partial charge in [0.05, 0.1) is 6.61 Å². The zero-order valence-electron chi connectivity index (χ0n) is 12.6. The van der Waals surface area contributed by atoms with E-state index in [0.717, 1.165) is 0 Å². The van der Waals surface area contributed by atoms with Crippen LogP contribution in [0, 0.1) is 5.92 Å². The maximum atomic E-state index is 11.8. The molecular formula is C13H21NO10. The van der Waals surface area contributed by atoms with Gasteiger partial charge in [0, 0.05) is 0 Å². The Kier molecular flexibility index (Phi) is 6.63. The smallest absolute Gasteiger partial charge is 0.317 e. The lowest BCUT2D eigenvalue weighted by atomic mass is 9.80. The number of amides is 1. The molecule has 5 atom stereocenters. The van der Waals surface area contributed by atoms with Crippen molar-refractivity contribution in [2.75, 3.05) is 6.61 Å². The normalized spacial score (nSPS) is 33.4. The molecule has 1 aliphatic rings. The standard InChI is InChI=1S/C13H21NO10/c14-12(23)13(3-1-2-5(10(19)20)11(21)22)9(18)8(17)7(16)6(4-15)24-13/h5-9,15-18H,1-4H2,(H2,14,23)(H,19,20)(H,21,22)/t6-,7-,8+,9-,13+/m1/s1. The number of primary amides is 1. The number of hydrogen-bond acceptors (Lipinski definition) is 8. The van der Waals surface area contributed by atoms with E-state index in [9.17, 15) is 29.7 Å². The number of carboxylic acids is 2. The second kappa shape index (κ2) is 7.85. The summed E-state index contributed by atoms with van der Waals surface area (Å²) in [5.41, 5.74) is 3.04. The summed E-state index contributed by atoms with van der Waals surface area (Å²) >= 11 is 0. The third-order valence-electron chi connectivity index (χ3n) is 4.13. The fourth-order valence-corrected chi connectivity index (χ4v) is 2.69. The molecule has 0 unspecified atom stereocenters. The predicted octanol–water partition coefficient (Wildman–Crippen LogP) is -3.36. The van der Waals surface area contributed by atoms with Gasteiger partial charge in [-0.05, 0) is 19.3 Å². The van der Waals surface area contributed by atoms with E-state index in [-0.39, 0.29) is 12.8 Å². The summed E-state index contributed by atoms with van der Waals surface area (Å²) < 4.78 is 5.20. The molecule has 1 fully saturated rings. The molecule has 0 bridgehead atoms. The van der Waals surface area contributed by atoms with Crippen molar-refractivity contribution in [2.45, 2.75) is 49.3 Å². The largest absolute Gasteiger partial charge is 0.481 e. The van der Waals surface area contributed by atoms with Crippen LogP contribution in [0.2, 0.25) is 0 Å². The average Bonchev–Trinajstić information content (AvgIpc) is 2.50. The summed E-state index contributed by atoms with van der Waals surface area (Å²) in [4.78, 5) is 33.4. The lowest BCUT2D eigenvalue weighted by molar-refractivity contribution is -0.266. The van der Waals surface area contributed by atoms with Crippen LogP contribution in [0.5, 0.6) is 0 Å². The SMILES string of the molecule is NC(=O)[C@@]1(CCCC(C(=O)O)C(=O)O)O[C@H](CO)[C@@H](O)[C@H](O)[C@H]1O. The van der Waals surface area contributed by atoms with Crippen LogP contribution in [-0.2, 0) is 19.1 Å². The summed E-state index contributed by atoms with van der Waals surface area (Å²) in [6, 6.07) is 0. The zero-order valence-corrected chi connectivity index (χ0v) is 12.6. The first kappa shape index (κ1) is 20.3. The van der Waals surface area contributed by atoms with Crippen molar-refractivity contribution in [3.63, 3.8) is 0 Å². The number of carbonyl (C=O) groups excluding carboxylic acids is 1. The number of aliphatic carboxylic acids is 2. The predicted molar refractivity (Wildman–Crippen MR) is 74.5 cm³/mol.